The van der Waals surface area contributed by atoms with Gasteiger partial charge in [0.1, 0.15) is 0 Å². The first kappa shape index (κ1) is 12.3. The lowest BCUT2D eigenvalue weighted by molar-refractivity contribution is 0.0140. The molecule has 2 unspecified atom stereocenters. The van der Waals surface area contributed by atoms with Gasteiger partial charge in [-0.3, -0.25) is 0 Å². The van der Waals surface area contributed by atoms with Crippen LogP contribution in [0.1, 0.15) is 44.9 Å². The number of rotatable bonds is 4. The van der Waals surface area contributed by atoms with Gasteiger partial charge in [0.05, 0.1) is 6.10 Å². The summed E-state index contributed by atoms with van der Waals surface area (Å²) in [6, 6.07) is 0.631. The lowest BCUT2D eigenvalue weighted by atomic mass is 9.88. The Morgan fingerprint density at radius 2 is 1.88 bits per heavy atom. The molecule has 16 heavy (non-hydrogen) atoms. The molecule has 2 aliphatic rings. The Morgan fingerprint density at radius 1 is 1.06 bits per heavy atom. The molecule has 2 heterocycles. The van der Waals surface area contributed by atoms with Crippen molar-refractivity contribution in [1.29, 1.82) is 0 Å². The molecule has 3 nitrogen and oxygen atoms in total. The summed E-state index contributed by atoms with van der Waals surface area (Å²) < 4.78 is 0. The van der Waals surface area contributed by atoms with Crippen molar-refractivity contribution in [2.24, 2.45) is 5.92 Å². The van der Waals surface area contributed by atoms with E-state index in [4.69, 9.17) is 0 Å². The Hall–Kier alpha value is -0.120. The molecule has 2 saturated heterocycles. The maximum atomic E-state index is 12.1. The second kappa shape index (κ2) is 6.58. The fourth-order valence-corrected chi connectivity index (χ4v) is 2.99. The Morgan fingerprint density at radius 3 is 2.56 bits per heavy atom. The molecule has 2 aliphatic heterocycles. The number of piperidine rings is 2. The van der Waals surface area contributed by atoms with Crippen LogP contribution < -0.4 is 10.6 Å². The summed E-state index contributed by atoms with van der Waals surface area (Å²) in [6.45, 7) is 3.25. The molecule has 0 bridgehead atoms. The highest BCUT2D eigenvalue weighted by Crippen LogP contribution is 2.22. The second-order valence-electron chi connectivity index (χ2n) is 5.35. The Labute approximate surface area is 99.0 Å². The average Bonchev–Trinajstić information content (AvgIpc) is 2.38. The molecule has 0 saturated carbocycles. The van der Waals surface area contributed by atoms with E-state index in [1.54, 1.807) is 0 Å². The molecule has 2 atom stereocenters. The maximum absolute atomic E-state index is 12.1. The topological polar surface area (TPSA) is 44.0 Å². The first-order valence-corrected chi connectivity index (χ1v) is 6.96. The van der Waals surface area contributed by atoms with Gasteiger partial charge in [-0.05, 0) is 64.1 Å². The Kier molecular flexibility index (Phi) is 5.07. The standard InChI is InChI=1S/C13H25N2O/c16-13(11-6-9-14-10-7-11)5-4-12-3-1-2-8-15-12/h11-15H,1-10H2. The van der Waals surface area contributed by atoms with Gasteiger partial charge in [0.25, 0.3) is 0 Å². The first-order valence-electron chi connectivity index (χ1n) is 6.96. The van der Waals surface area contributed by atoms with E-state index >= 15 is 0 Å². The van der Waals surface area contributed by atoms with Crippen LogP contribution in [0.3, 0.4) is 0 Å². The van der Waals surface area contributed by atoms with Crippen molar-refractivity contribution < 1.29 is 5.11 Å². The SMILES string of the molecule is [O]C(CCC1CCCCN1)C1CCNCC1. The predicted molar refractivity (Wildman–Crippen MR) is 64.9 cm³/mol. The highest BCUT2D eigenvalue weighted by atomic mass is 16.3. The van der Waals surface area contributed by atoms with E-state index in [1.807, 2.05) is 0 Å². The molecule has 3 heteroatoms. The highest BCUT2D eigenvalue weighted by Gasteiger charge is 2.24. The summed E-state index contributed by atoms with van der Waals surface area (Å²) in [7, 11) is 0. The molecule has 2 N–H and O–H groups in total. The van der Waals surface area contributed by atoms with E-state index in [9.17, 15) is 5.11 Å². The number of hydrogen-bond acceptors (Lipinski definition) is 2. The number of nitrogens with one attached hydrogen (secondary N) is 2. The van der Waals surface area contributed by atoms with Gasteiger partial charge in [-0.15, -0.1) is 0 Å². The summed E-state index contributed by atoms with van der Waals surface area (Å²) in [6.07, 6.45) is 7.77. The minimum absolute atomic E-state index is 0.314. The van der Waals surface area contributed by atoms with Gasteiger partial charge in [-0.25, -0.2) is 5.11 Å². The van der Waals surface area contributed by atoms with Gasteiger partial charge in [0, 0.05) is 6.04 Å². The molecule has 2 fully saturated rings. The molecule has 93 valence electrons. The summed E-state index contributed by atoms with van der Waals surface area (Å²) in [5, 5.41) is 18.9. The third-order valence-corrected chi connectivity index (χ3v) is 4.12. The zero-order valence-electron chi connectivity index (χ0n) is 10.2. The van der Waals surface area contributed by atoms with Crippen LogP contribution >= 0.6 is 0 Å². The van der Waals surface area contributed by atoms with Crippen LogP contribution in [-0.4, -0.2) is 31.8 Å². The van der Waals surface area contributed by atoms with E-state index in [1.165, 1.54) is 19.3 Å². The van der Waals surface area contributed by atoms with Crippen molar-refractivity contribution in [1.82, 2.24) is 10.6 Å². The van der Waals surface area contributed by atoms with Crippen molar-refractivity contribution in [3.8, 4) is 0 Å². The fourth-order valence-electron chi connectivity index (χ4n) is 2.99. The average molecular weight is 225 g/mol. The fraction of sp³-hybridized carbons (Fsp3) is 1.00. The normalized spacial score (nSPS) is 30.2. The van der Waals surface area contributed by atoms with Gasteiger partial charge >= 0.3 is 0 Å². The molecule has 0 aromatic heterocycles. The largest absolute Gasteiger partial charge is 0.317 e. The van der Waals surface area contributed by atoms with Crippen LogP contribution in [0.4, 0.5) is 0 Å². The second-order valence-corrected chi connectivity index (χ2v) is 5.35. The van der Waals surface area contributed by atoms with Crippen LogP contribution in [-0.2, 0) is 5.11 Å². The third-order valence-electron chi connectivity index (χ3n) is 4.12. The maximum Gasteiger partial charge on any atom is 0.0959 e. The molecular formula is C13H25N2O. The minimum Gasteiger partial charge on any atom is -0.317 e. The Bertz CT molecular complexity index is 186. The molecule has 2 rings (SSSR count). The van der Waals surface area contributed by atoms with Crippen LogP contribution in [0.15, 0.2) is 0 Å². The van der Waals surface area contributed by atoms with Crippen molar-refractivity contribution in [3.05, 3.63) is 0 Å². The molecular weight excluding hydrogens is 200 g/mol. The van der Waals surface area contributed by atoms with Gasteiger partial charge in [0.15, 0.2) is 0 Å². The van der Waals surface area contributed by atoms with Gasteiger partial charge in [-0.2, -0.15) is 0 Å². The van der Waals surface area contributed by atoms with E-state index in [-0.39, 0.29) is 6.10 Å². The third kappa shape index (κ3) is 3.72. The number of hydrogen-bond donors (Lipinski definition) is 2. The Balaban J connectivity index is 1.63. The highest BCUT2D eigenvalue weighted by molar-refractivity contribution is 4.78. The van der Waals surface area contributed by atoms with Crippen molar-refractivity contribution >= 4 is 0 Å². The molecule has 0 aromatic rings. The molecule has 0 aromatic carbocycles. The van der Waals surface area contributed by atoms with E-state index in [0.717, 1.165) is 45.3 Å². The lowest BCUT2D eigenvalue weighted by Crippen LogP contribution is -2.37. The van der Waals surface area contributed by atoms with Gasteiger partial charge < -0.3 is 10.6 Å². The minimum atomic E-state index is -0.314. The van der Waals surface area contributed by atoms with Crippen molar-refractivity contribution in [2.75, 3.05) is 19.6 Å². The lowest BCUT2D eigenvalue weighted by Gasteiger charge is -2.28. The van der Waals surface area contributed by atoms with E-state index < -0.39 is 0 Å². The molecule has 0 aliphatic carbocycles. The first-order chi connectivity index (χ1) is 7.86. The summed E-state index contributed by atoms with van der Waals surface area (Å²) in [4.78, 5) is 0. The van der Waals surface area contributed by atoms with E-state index in [2.05, 4.69) is 10.6 Å². The van der Waals surface area contributed by atoms with Gasteiger partial charge in [-0.1, -0.05) is 6.42 Å². The van der Waals surface area contributed by atoms with E-state index in [0.29, 0.717) is 12.0 Å². The monoisotopic (exact) mass is 225 g/mol. The van der Waals surface area contributed by atoms with Crippen LogP contribution in [0.25, 0.3) is 0 Å². The van der Waals surface area contributed by atoms with Crippen LogP contribution in [0.2, 0.25) is 0 Å². The summed E-state index contributed by atoms with van der Waals surface area (Å²) >= 11 is 0. The summed E-state index contributed by atoms with van der Waals surface area (Å²) in [5.41, 5.74) is 0. The molecule has 0 spiro atoms. The summed E-state index contributed by atoms with van der Waals surface area (Å²) in [5.74, 6) is 0.435. The molecule has 1 radical (unpaired) electrons. The van der Waals surface area contributed by atoms with Crippen LogP contribution in [0, 0.1) is 5.92 Å². The van der Waals surface area contributed by atoms with Crippen molar-refractivity contribution in [2.45, 2.75) is 57.1 Å². The smallest absolute Gasteiger partial charge is 0.0959 e. The van der Waals surface area contributed by atoms with Crippen molar-refractivity contribution in [3.63, 3.8) is 0 Å². The predicted octanol–water partition coefficient (Wildman–Crippen LogP) is 1.71. The van der Waals surface area contributed by atoms with Gasteiger partial charge in [0.2, 0.25) is 0 Å². The zero-order chi connectivity index (χ0) is 11.2. The zero-order valence-corrected chi connectivity index (χ0v) is 10.2. The molecule has 0 amide bonds. The van der Waals surface area contributed by atoms with Crippen LogP contribution in [0.5, 0.6) is 0 Å². The quantitative estimate of drug-likeness (QED) is 0.765.